The molecule has 3 rings (SSSR count). The van der Waals surface area contributed by atoms with Gasteiger partial charge < -0.3 is 15.4 Å². The van der Waals surface area contributed by atoms with Crippen molar-refractivity contribution in [3.63, 3.8) is 0 Å². The number of benzene rings is 2. The molecule has 0 fully saturated rings. The summed E-state index contributed by atoms with van der Waals surface area (Å²) in [6.45, 7) is 1.91. The van der Waals surface area contributed by atoms with E-state index in [0.717, 1.165) is 28.5 Å². The van der Waals surface area contributed by atoms with Crippen molar-refractivity contribution in [3.05, 3.63) is 70.8 Å². The molecule has 0 radical (unpaired) electrons. The molecule has 1 aromatic heterocycles. The molecular formula is C20H18N4OS. The monoisotopic (exact) mass is 362 g/mol. The smallest absolute Gasteiger partial charge is 0.135 e. The topological polar surface area (TPSA) is 70.0 Å². The minimum Gasteiger partial charge on any atom is -0.497 e. The fourth-order valence-electron chi connectivity index (χ4n) is 2.32. The summed E-state index contributed by atoms with van der Waals surface area (Å²) in [7, 11) is 1.64. The number of nitrogens with one attached hydrogen (secondary N) is 2. The van der Waals surface area contributed by atoms with Crippen LogP contribution in [0.15, 0.2) is 60.1 Å². The Hall–Kier alpha value is -3.30. The molecular weight excluding hydrogens is 344 g/mol. The van der Waals surface area contributed by atoms with Crippen LogP contribution in [0.25, 0.3) is 5.57 Å². The predicted molar refractivity (Wildman–Crippen MR) is 107 cm³/mol. The maximum atomic E-state index is 9.40. The number of hydrogen-bond acceptors (Lipinski definition) is 6. The molecule has 130 valence electrons. The first kappa shape index (κ1) is 17.5. The van der Waals surface area contributed by atoms with Gasteiger partial charge in [0.1, 0.15) is 22.4 Å². The van der Waals surface area contributed by atoms with E-state index in [1.54, 1.807) is 13.3 Å². The first-order valence-electron chi connectivity index (χ1n) is 7.99. The van der Waals surface area contributed by atoms with Gasteiger partial charge in [0.25, 0.3) is 0 Å². The van der Waals surface area contributed by atoms with Crippen LogP contribution >= 0.6 is 11.3 Å². The zero-order valence-electron chi connectivity index (χ0n) is 14.5. The number of hydrogen-bond donors (Lipinski definition) is 2. The van der Waals surface area contributed by atoms with Crippen molar-refractivity contribution < 1.29 is 4.74 Å². The van der Waals surface area contributed by atoms with Crippen molar-refractivity contribution in [2.24, 2.45) is 0 Å². The van der Waals surface area contributed by atoms with Crippen molar-refractivity contribution >= 4 is 34.0 Å². The molecule has 0 saturated heterocycles. The Morgan fingerprint density at radius 2 is 1.88 bits per heavy atom. The normalized spacial score (nSPS) is 10.9. The molecule has 5 nitrogen and oxygen atoms in total. The quantitative estimate of drug-likeness (QED) is 0.591. The molecule has 0 amide bonds. The van der Waals surface area contributed by atoms with Gasteiger partial charge in [-0.2, -0.15) is 5.26 Å². The Morgan fingerprint density at radius 3 is 2.50 bits per heavy atom. The van der Waals surface area contributed by atoms with Crippen molar-refractivity contribution in [2.45, 2.75) is 6.92 Å². The Kier molecular flexibility index (Phi) is 5.52. The maximum Gasteiger partial charge on any atom is 0.135 e. The van der Waals surface area contributed by atoms with E-state index >= 15 is 0 Å². The summed E-state index contributed by atoms with van der Waals surface area (Å²) in [5.74, 6) is 0.808. The number of ether oxygens (including phenoxy) is 1. The first-order chi connectivity index (χ1) is 12.7. The third kappa shape index (κ3) is 4.21. The summed E-state index contributed by atoms with van der Waals surface area (Å²) in [6, 6.07) is 17.7. The highest BCUT2D eigenvalue weighted by atomic mass is 32.1. The SMILES string of the molecule is COc1ccc(Nc2ccccc2N/C=C(\C#N)c2nc(C)cs2)cc1. The van der Waals surface area contributed by atoms with Crippen LogP contribution < -0.4 is 15.4 Å². The molecule has 26 heavy (non-hydrogen) atoms. The number of anilines is 3. The number of aryl methyl sites for hydroxylation is 1. The van der Waals surface area contributed by atoms with Crippen LogP contribution in [-0.4, -0.2) is 12.1 Å². The minimum absolute atomic E-state index is 0.502. The van der Waals surface area contributed by atoms with Crippen molar-refractivity contribution in [2.75, 3.05) is 17.7 Å². The lowest BCUT2D eigenvalue weighted by molar-refractivity contribution is 0.415. The van der Waals surface area contributed by atoms with Gasteiger partial charge in [-0.3, -0.25) is 0 Å². The highest BCUT2D eigenvalue weighted by molar-refractivity contribution is 7.10. The van der Waals surface area contributed by atoms with Crippen molar-refractivity contribution in [1.82, 2.24) is 4.98 Å². The Morgan fingerprint density at radius 1 is 1.15 bits per heavy atom. The van der Waals surface area contributed by atoms with Gasteiger partial charge in [0.05, 0.1) is 18.5 Å². The highest BCUT2D eigenvalue weighted by Gasteiger charge is 2.06. The van der Waals surface area contributed by atoms with Crippen LogP contribution in [0, 0.1) is 18.3 Å². The number of thiazole rings is 1. The van der Waals surface area contributed by atoms with Crippen molar-refractivity contribution in [3.8, 4) is 11.8 Å². The summed E-state index contributed by atoms with van der Waals surface area (Å²) in [4.78, 5) is 4.36. The summed E-state index contributed by atoms with van der Waals surface area (Å²) >= 11 is 1.46. The second-order valence-electron chi connectivity index (χ2n) is 5.51. The standard InChI is InChI=1S/C20H18N4OS/c1-14-13-26-20(23-14)15(11-21)12-22-18-5-3-4-6-19(18)24-16-7-9-17(25-2)10-8-16/h3-10,12-13,22,24H,1-2H3/b15-12+. The second-order valence-corrected chi connectivity index (χ2v) is 6.37. The Bertz CT molecular complexity index is 954. The van der Waals surface area contributed by atoms with Crippen molar-refractivity contribution in [1.29, 1.82) is 5.26 Å². The van der Waals surface area contributed by atoms with Crippen LogP contribution in [0.3, 0.4) is 0 Å². The zero-order chi connectivity index (χ0) is 18.4. The Balaban J connectivity index is 1.80. The van der Waals surface area contributed by atoms with E-state index in [2.05, 4.69) is 21.7 Å². The van der Waals surface area contributed by atoms with Gasteiger partial charge in [0, 0.05) is 23.0 Å². The maximum absolute atomic E-state index is 9.40. The van der Waals surface area contributed by atoms with Gasteiger partial charge >= 0.3 is 0 Å². The number of aromatic nitrogens is 1. The van der Waals surface area contributed by atoms with E-state index in [1.807, 2.05) is 60.8 Å². The lowest BCUT2D eigenvalue weighted by Crippen LogP contribution is -1.97. The largest absolute Gasteiger partial charge is 0.497 e. The molecule has 2 aromatic carbocycles. The molecule has 0 unspecified atom stereocenters. The highest BCUT2D eigenvalue weighted by Crippen LogP contribution is 2.27. The van der Waals surface area contributed by atoms with Crippen LogP contribution in [0.2, 0.25) is 0 Å². The van der Waals surface area contributed by atoms with Gasteiger partial charge in [0.2, 0.25) is 0 Å². The van der Waals surface area contributed by atoms with Gasteiger partial charge in [-0.15, -0.1) is 11.3 Å². The fraction of sp³-hybridized carbons (Fsp3) is 0.100. The molecule has 2 N–H and O–H groups in total. The lowest BCUT2D eigenvalue weighted by atomic mass is 10.2. The predicted octanol–water partition coefficient (Wildman–Crippen LogP) is 5.18. The average Bonchev–Trinajstić information content (AvgIpc) is 3.10. The van der Waals surface area contributed by atoms with E-state index in [4.69, 9.17) is 4.74 Å². The van der Waals surface area contributed by atoms with Crippen LogP contribution in [0.4, 0.5) is 17.1 Å². The molecule has 0 bridgehead atoms. The molecule has 1 heterocycles. The van der Waals surface area contributed by atoms with Crippen LogP contribution in [-0.2, 0) is 0 Å². The number of para-hydroxylation sites is 2. The molecule has 0 spiro atoms. The fourth-order valence-corrected chi connectivity index (χ4v) is 3.08. The van der Waals surface area contributed by atoms with E-state index in [0.29, 0.717) is 10.6 Å². The molecule has 0 aliphatic carbocycles. The lowest BCUT2D eigenvalue weighted by Gasteiger charge is -2.12. The molecule has 3 aromatic rings. The van der Waals surface area contributed by atoms with Crippen LogP contribution in [0.1, 0.15) is 10.7 Å². The zero-order valence-corrected chi connectivity index (χ0v) is 15.3. The van der Waals surface area contributed by atoms with Gasteiger partial charge in [-0.1, -0.05) is 12.1 Å². The minimum atomic E-state index is 0.502. The second kappa shape index (κ2) is 8.19. The van der Waals surface area contributed by atoms with Crippen LogP contribution in [0.5, 0.6) is 5.75 Å². The van der Waals surface area contributed by atoms with Gasteiger partial charge in [-0.05, 0) is 43.3 Å². The number of nitriles is 1. The summed E-state index contributed by atoms with van der Waals surface area (Å²) < 4.78 is 5.18. The number of allylic oxidation sites excluding steroid dienone is 1. The van der Waals surface area contributed by atoms with E-state index in [1.165, 1.54) is 11.3 Å². The summed E-state index contributed by atoms with van der Waals surface area (Å²) in [5.41, 5.74) is 4.13. The summed E-state index contributed by atoms with van der Waals surface area (Å²) in [6.07, 6.45) is 1.69. The first-order valence-corrected chi connectivity index (χ1v) is 8.87. The van der Waals surface area contributed by atoms with E-state index < -0.39 is 0 Å². The van der Waals surface area contributed by atoms with E-state index in [9.17, 15) is 5.26 Å². The van der Waals surface area contributed by atoms with E-state index in [-0.39, 0.29) is 0 Å². The number of nitrogens with zero attached hydrogens (tertiary/aromatic N) is 2. The van der Waals surface area contributed by atoms with Gasteiger partial charge in [0.15, 0.2) is 0 Å². The number of rotatable bonds is 6. The summed E-state index contributed by atoms with van der Waals surface area (Å²) in [5, 5.41) is 18.6. The molecule has 6 heteroatoms. The molecule has 0 aliphatic heterocycles. The van der Waals surface area contributed by atoms with Gasteiger partial charge in [-0.25, -0.2) is 4.98 Å². The molecule has 0 aliphatic rings. The third-order valence-electron chi connectivity index (χ3n) is 3.64. The molecule has 0 atom stereocenters. The Labute approximate surface area is 156 Å². The molecule has 0 saturated carbocycles. The average molecular weight is 362 g/mol. The number of methoxy groups -OCH3 is 1. The third-order valence-corrected chi connectivity index (χ3v) is 4.63.